The molecule has 2 heterocycles. The lowest BCUT2D eigenvalue weighted by molar-refractivity contribution is 1.02. The summed E-state index contributed by atoms with van der Waals surface area (Å²) in [5, 5.41) is 3.30. The lowest BCUT2D eigenvalue weighted by Crippen LogP contribution is -2.02. The van der Waals surface area contributed by atoms with Crippen LogP contribution < -0.4 is 5.32 Å². The van der Waals surface area contributed by atoms with Crippen LogP contribution in [0.1, 0.15) is 12.8 Å². The molecule has 0 bridgehead atoms. The van der Waals surface area contributed by atoms with Crippen molar-refractivity contribution in [2.24, 2.45) is 0 Å². The number of rotatable bonds is 2. The number of nitrogens with zero attached hydrogens (tertiary/aromatic N) is 2. The van der Waals surface area contributed by atoms with Gasteiger partial charge in [0.2, 0.25) is 0 Å². The molecule has 0 saturated heterocycles. The number of nitrogens with one attached hydrogen (secondary N) is 2. The van der Waals surface area contributed by atoms with E-state index in [-0.39, 0.29) is 0 Å². The third kappa shape index (κ3) is 1.58. The molecule has 16 heavy (non-hydrogen) atoms. The number of H-pyrrole nitrogens is 1. The van der Waals surface area contributed by atoms with E-state index in [0.717, 1.165) is 35.4 Å². The number of aromatic nitrogens is 3. The zero-order valence-electron chi connectivity index (χ0n) is 8.77. The van der Waals surface area contributed by atoms with Gasteiger partial charge in [-0.2, -0.15) is 0 Å². The molecule has 1 aliphatic rings. The van der Waals surface area contributed by atoms with Gasteiger partial charge in [0.25, 0.3) is 0 Å². The summed E-state index contributed by atoms with van der Waals surface area (Å²) in [5.74, 6) is 0.827. The number of allylic oxidation sites excluding steroid dienone is 3. The first-order valence-electron chi connectivity index (χ1n) is 5.35. The number of fused-ring (bicyclic) bond motifs is 1. The molecule has 0 radical (unpaired) electrons. The molecule has 0 spiro atoms. The van der Waals surface area contributed by atoms with E-state index in [4.69, 9.17) is 0 Å². The number of hydrogen-bond donors (Lipinski definition) is 2. The zero-order chi connectivity index (χ0) is 10.8. The van der Waals surface area contributed by atoms with Gasteiger partial charge >= 0.3 is 0 Å². The van der Waals surface area contributed by atoms with Crippen LogP contribution in [0.2, 0.25) is 0 Å². The first-order valence-corrected chi connectivity index (χ1v) is 5.35. The average molecular weight is 212 g/mol. The lowest BCUT2D eigenvalue weighted by Gasteiger charge is -2.09. The molecular weight excluding hydrogens is 200 g/mol. The second-order valence-corrected chi connectivity index (χ2v) is 3.72. The molecule has 0 unspecified atom stereocenters. The van der Waals surface area contributed by atoms with Crippen molar-refractivity contribution in [3.63, 3.8) is 0 Å². The van der Waals surface area contributed by atoms with Crippen molar-refractivity contribution in [1.29, 1.82) is 0 Å². The summed E-state index contributed by atoms with van der Waals surface area (Å²) in [6.07, 6.45) is 12.1. The third-order valence-electron chi connectivity index (χ3n) is 2.60. The largest absolute Gasteiger partial charge is 0.357 e. The minimum atomic E-state index is 0.827. The Bertz CT molecular complexity index is 565. The maximum atomic E-state index is 4.25. The van der Waals surface area contributed by atoms with Crippen LogP contribution in [0.3, 0.4) is 0 Å². The summed E-state index contributed by atoms with van der Waals surface area (Å²) in [5.41, 5.74) is 2.97. The van der Waals surface area contributed by atoms with Crippen molar-refractivity contribution in [2.75, 3.05) is 5.32 Å². The molecule has 0 atom stereocenters. The first-order chi connectivity index (χ1) is 7.93. The standard InChI is InChI=1S/C12H12N4/c1-2-4-9(5-3-1)16-12-11-10(6-7-13-11)14-8-15-12/h2,4-8,13H,1,3H2,(H,14,15,16). The minimum Gasteiger partial charge on any atom is -0.357 e. The van der Waals surface area contributed by atoms with Gasteiger partial charge in [-0.25, -0.2) is 9.97 Å². The molecule has 0 aliphatic heterocycles. The maximum absolute atomic E-state index is 4.25. The first kappa shape index (κ1) is 9.15. The summed E-state index contributed by atoms with van der Waals surface area (Å²) >= 11 is 0. The van der Waals surface area contributed by atoms with Crippen molar-refractivity contribution < 1.29 is 0 Å². The molecule has 3 rings (SSSR count). The summed E-state index contributed by atoms with van der Waals surface area (Å²) < 4.78 is 0. The Hall–Kier alpha value is -2.10. The van der Waals surface area contributed by atoms with Gasteiger partial charge < -0.3 is 10.3 Å². The molecule has 2 aromatic rings. The van der Waals surface area contributed by atoms with Gasteiger partial charge in [0.05, 0.1) is 5.52 Å². The van der Waals surface area contributed by atoms with Crippen LogP contribution >= 0.6 is 0 Å². The van der Waals surface area contributed by atoms with Crippen LogP contribution in [0.15, 0.2) is 42.5 Å². The van der Waals surface area contributed by atoms with Crippen LogP contribution in [0.25, 0.3) is 11.0 Å². The third-order valence-corrected chi connectivity index (χ3v) is 2.60. The Labute approximate surface area is 93.1 Å². The second-order valence-electron chi connectivity index (χ2n) is 3.72. The summed E-state index contributed by atoms with van der Waals surface area (Å²) in [4.78, 5) is 11.6. The van der Waals surface area contributed by atoms with Gasteiger partial charge in [-0.3, -0.25) is 0 Å². The van der Waals surface area contributed by atoms with E-state index in [1.807, 2.05) is 12.3 Å². The predicted octanol–water partition coefficient (Wildman–Crippen LogP) is 2.60. The van der Waals surface area contributed by atoms with Gasteiger partial charge in [0.1, 0.15) is 11.8 Å². The van der Waals surface area contributed by atoms with E-state index in [9.17, 15) is 0 Å². The molecule has 0 amide bonds. The number of anilines is 1. The van der Waals surface area contributed by atoms with Gasteiger partial charge in [0, 0.05) is 11.9 Å². The van der Waals surface area contributed by atoms with E-state index in [1.165, 1.54) is 0 Å². The van der Waals surface area contributed by atoms with Crippen molar-refractivity contribution >= 4 is 16.9 Å². The second kappa shape index (κ2) is 3.81. The zero-order valence-corrected chi connectivity index (χ0v) is 8.77. The average Bonchev–Trinajstić information content (AvgIpc) is 2.80. The molecule has 2 aromatic heterocycles. The van der Waals surface area contributed by atoms with Crippen LogP contribution in [-0.4, -0.2) is 15.0 Å². The van der Waals surface area contributed by atoms with E-state index in [2.05, 4.69) is 38.5 Å². The highest BCUT2D eigenvalue weighted by molar-refractivity contribution is 5.86. The Morgan fingerprint density at radius 1 is 1.25 bits per heavy atom. The number of hydrogen-bond acceptors (Lipinski definition) is 3. The molecule has 1 aliphatic carbocycles. The van der Waals surface area contributed by atoms with Gasteiger partial charge in [-0.15, -0.1) is 0 Å². The van der Waals surface area contributed by atoms with Crippen LogP contribution in [0, 0.1) is 0 Å². The molecular formula is C12H12N4. The van der Waals surface area contributed by atoms with Crippen molar-refractivity contribution in [1.82, 2.24) is 15.0 Å². The Morgan fingerprint density at radius 3 is 3.12 bits per heavy atom. The summed E-state index contributed by atoms with van der Waals surface area (Å²) in [7, 11) is 0. The van der Waals surface area contributed by atoms with E-state index < -0.39 is 0 Å². The number of aromatic amines is 1. The topological polar surface area (TPSA) is 53.6 Å². The summed E-state index contributed by atoms with van der Waals surface area (Å²) in [6, 6.07) is 1.94. The maximum Gasteiger partial charge on any atom is 0.158 e. The molecule has 80 valence electrons. The fraction of sp³-hybridized carbons (Fsp3) is 0.167. The molecule has 0 aromatic carbocycles. The van der Waals surface area contributed by atoms with Crippen LogP contribution in [0.4, 0.5) is 5.82 Å². The normalized spacial score (nSPS) is 15.1. The molecule has 2 N–H and O–H groups in total. The van der Waals surface area contributed by atoms with Crippen molar-refractivity contribution in [3.05, 3.63) is 42.5 Å². The van der Waals surface area contributed by atoms with Crippen molar-refractivity contribution in [2.45, 2.75) is 12.8 Å². The molecule has 0 fully saturated rings. The van der Waals surface area contributed by atoms with Crippen LogP contribution in [0.5, 0.6) is 0 Å². The summed E-state index contributed by atoms with van der Waals surface area (Å²) in [6.45, 7) is 0. The molecule has 0 saturated carbocycles. The Kier molecular flexibility index (Phi) is 2.18. The molecule has 4 nitrogen and oxygen atoms in total. The van der Waals surface area contributed by atoms with Crippen molar-refractivity contribution in [3.8, 4) is 0 Å². The quantitative estimate of drug-likeness (QED) is 0.804. The highest BCUT2D eigenvalue weighted by Gasteiger charge is 2.05. The SMILES string of the molecule is C1=CC(Nc2ncnc3cc[nH]c23)=CCC1. The molecule has 4 heteroatoms. The minimum absolute atomic E-state index is 0.827. The monoisotopic (exact) mass is 212 g/mol. The Morgan fingerprint density at radius 2 is 2.25 bits per heavy atom. The van der Waals surface area contributed by atoms with Gasteiger partial charge in [-0.05, 0) is 25.0 Å². The fourth-order valence-corrected chi connectivity index (χ4v) is 1.81. The highest BCUT2D eigenvalue weighted by Crippen LogP contribution is 2.19. The van der Waals surface area contributed by atoms with Gasteiger partial charge in [-0.1, -0.05) is 12.2 Å². The fourth-order valence-electron chi connectivity index (χ4n) is 1.81. The van der Waals surface area contributed by atoms with E-state index >= 15 is 0 Å². The Balaban J connectivity index is 1.97. The highest BCUT2D eigenvalue weighted by atomic mass is 15.0. The van der Waals surface area contributed by atoms with E-state index in [1.54, 1.807) is 6.33 Å². The smallest absolute Gasteiger partial charge is 0.158 e. The predicted molar refractivity (Wildman–Crippen MR) is 64.0 cm³/mol. The van der Waals surface area contributed by atoms with E-state index in [0.29, 0.717) is 0 Å². The van der Waals surface area contributed by atoms with Gasteiger partial charge in [0.15, 0.2) is 5.82 Å². The van der Waals surface area contributed by atoms with Crippen LogP contribution in [-0.2, 0) is 0 Å². The lowest BCUT2D eigenvalue weighted by atomic mass is 10.1.